The van der Waals surface area contributed by atoms with Crippen molar-refractivity contribution in [1.82, 2.24) is 0 Å². The molecule has 0 aliphatic carbocycles. The molecule has 0 nitrogen and oxygen atoms in total. The molecule has 0 amide bonds. The minimum Gasteiger partial charge on any atom is -0.0842 e. The summed E-state index contributed by atoms with van der Waals surface area (Å²) in [5, 5.41) is 0. The summed E-state index contributed by atoms with van der Waals surface area (Å²) in [6.45, 7) is 10.2. The van der Waals surface area contributed by atoms with Crippen molar-refractivity contribution in [2.24, 2.45) is 0 Å². The Bertz CT molecular complexity index is 88.2. The number of hydrogen-bond acceptors (Lipinski definition) is 0. The summed E-state index contributed by atoms with van der Waals surface area (Å²) in [6.07, 6.45) is 8.83. The van der Waals surface area contributed by atoms with Crippen molar-refractivity contribution in [1.29, 1.82) is 0 Å². The predicted octanol–water partition coefficient (Wildman–Crippen LogP) is 2.30. The highest BCUT2D eigenvalue weighted by atomic mass is 13.8. The third-order valence-corrected chi connectivity index (χ3v) is 0.747. The first-order chi connectivity index (χ1) is 3.91. The van der Waals surface area contributed by atoms with Crippen LogP contribution < -0.4 is 0 Å². The smallest absolute Gasteiger partial charge is 0.0313 e. The maximum absolute atomic E-state index is 5.11. The third kappa shape index (κ3) is 5.22. The fourth-order valence-corrected chi connectivity index (χ4v) is 0.367. The second kappa shape index (κ2) is 6.22. The lowest BCUT2D eigenvalue weighted by Crippen LogP contribution is -1.59. The van der Waals surface area contributed by atoms with Crippen LogP contribution in [0.15, 0.2) is 24.3 Å². The summed E-state index contributed by atoms with van der Waals surface area (Å²) in [7, 11) is 0. The van der Waals surface area contributed by atoms with Gasteiger partial charge in [0, 0.05) is 0 Å². The molecular weight excluding hydrogens is 96.1 g/mol. The van der Waals surface area contributed by atoms with Crippen LogP contribution in [0.25, 0.3) is 0 Å². The van der Waals surface area contributed by atoms with E-state index in [1.165, 1.54) is 6.08 Å². The largest absolute Gasteiger partial charge is 0.0842 e. The highest BCUT2D eigenvalue weighted by molar-refractivity contribution is 4.95. The van der Waals surface area contributed by atoms with Gasteiger partial charge < -0.3 is 0 Å². The Morgan fingerprint density at radius 2 is 1.88 bits per heavy atom. The van der Waals surface area contributed by atoms with Gasteiger partial charge in [-0.05, 0) is 12.8 Å². The summed E-state index contributed by atoms with van der Waals surface area (Å²) < 4.78 is 0. The molecule has 0 fully saturated rings. The molecule has 0 aromatic heterocycles. The fraction of sp³-hybridized carbons (Fsp3) is 0.250. The lowest BCUT2D eigenvalue weighted by molar-refractivity contribution is 1.05. The molecule has 0 saturated carbocycles. The monoisotopic (exact) mass is 106 g/mol. The van der Waals surface area contributed by atoms with Crippen LogP contribution in [0.2, 0.25) is 0 Å². The molecule has 0 atom stereocenters. The van der Waals surface area contributed by atoms with Crippen molar-refractivity contribution in [2.45, 2.75) is 12.8 Å². The van der Waals surface area contributed by atoms with Gasteiger partial charge in [0.1, 0.15) is 0 Å². The third-order valence-electron chi connectivity index (χ3n) is 0.747. The Balaban J connectivity index is 3.02. The quantitative estimate of drug-likeness (QED) is 0.381. The second-order valence-electron chi connectivity index (χ2n) is 1.43. The Morgan fingerprint density at radius 1 is 1.12 bits per heavy atom. The molecule has 0 heterocycles. The Morgan fingerprint density at radius 3 is 2.38 bits per heavy atom. The van der Waals surface area contributed by atoms with E-state index in [1.807, 2.05) is 12.2 Å². The minimum absolute atomic E-state index is 0.921. The molecule has 0 saturated heterocycles. The average Bonchev–Trinajstić information content (AvgIpc) is 1.81. The van der Waals surface area contributed by atoms with Crippen molar-refractivity contribution in [3.8, 4) is 0 Å². The average molecular weight is 106 g/mol. The van der Waals surface area contributed by atoms with Crippen LogP contribution in [0, 0.1) is 13.2 Å². The SMILES string of the molecule is [CH]=CC=CCCC=[CH]. The number of rotatable bonds is 4. The molecule has 0 aromatic rings. The first-order valence-corrected chi connectivity index (χ1v) is 2.65. The summed E-state index contributed by atoms with van der Waals surface area (Å²) in [4.78, 5) is 0. The zero-order chi connectivity index (χ0) is 6.24. The van der Waals surface area contributed by atoms with E-state index in [-0.39, 0.29) is 0 Å². The first kappa shape index (κ1) is 7.22. The molecule has 0 N–H and O–H groups in total. The highest BCUT2D eigenvalue weighted by Crippen LogP contribution is 1.89. The Hall–Kier alpha value is -0.780. The van der Waals surface area contributed by atoms with Crippen molar-refractivity contribution in [2.75, 3.05) is 0 Å². The van der Waals surface area contributed by atoms with E-state index in [0.717, 1.165) is 12.8 Å². The topological polar surface area (TPSA) is 0 Å². The second-order valence-corrected chi connectivity index (χ2v) is 1.43. The predicted molar refractivity (Wildman–Crippen MR) is 36.1 cm³/mol. The fourth-order valence-electron chi connectivity index (χ4n) is 0.367. The van der Waals surface area contributed by atoms with Gasteiger partial charge in [0.05, 0.1) is 0 Å². The van der Waals surface area contributed by atoms with Crippen molar-refractivity contribution in [3.05, 3.63) is 37.5 Å². The van der Waals surface area contributed by atoms with Gasteiger partial charge in [-0.1, -0.05) is 37.5 Å². The van der Waals surface area contributed by atoms with Crippen LogP contribution in [0.3, 0.4) is 0 Å². The molecule has 0 heteroatoms. The lowest BCUT2D eigenvalue weighted by atomic mass is 10.3. The maximum Gasteiger partial charge on any atom is -0.0313 e. The molecule has 0 aliphatic heterocycles. The number of allylic oxidation sites excluding steroid dienone is 4. The molecular formula is C8H10. The van der Waals surface area contributed by atoms with Gasteiger partial charge in [-0.2, -0.15) is 0 Å². The Labute approximate surface area is 51.2 Å². The molecule has 8 heavy (non-hydrogen) atoms. The van der Waals surface area contributed by atoms with Gasteiger partial charge in [-0.25, -0.2) is 0 Å². The molecule has 0 unspecified atom stereocenters. The summed E-state index contributed by atoms with van der Waals surface area (Å²) >= 11 is 0. The van der Waals surface area contributed by atoms with Gasteiger partial charge >= 0.3 is 0 Å². The zero-order valence-corrected chi connectivity index (χ0v) is 4.88. The summed E-state index contributed by atoms with van der Waals surface area (Å²) in [5.74, 6) is 0. The molecule has 42 valence electrons. The van der Waals surface area contributed by atoms with E-state index < -0.39 is 0 Å². The first-order valence-electron chi connectivity index (χ1n) is 2.65. The lowest BCUT2D eigenvalue weighted by Gasteiger charge is -1.79. The van der Waals surface area contributed by atoms with Gasteiger partial charge in [0.2, 0.25) is 0 Å². The summed E-state index contributed by atoms with van der Waals surface area (Å²) in [5.41, 5.74) is 0. The van der Waals surface area contributed by atoms with E-state index in [9.17, 15) is 0 Å². The van der Waals surface area contributed by atoms with Crippen LogP contribution >= 0.6 is 0 Å². The molecule has 0 aromatic carbocycles. The summed E-state index contributed by atoms with van der Waals surface area (Å²) in [6, 6.07) is 0. The van der Waals surface area contributed by atoms with Gasteiger partial charge in [0.15, 0.2) is 0 Å². The molecule has 0 spiro atoms. The van der Waals surface area contributed by atoms with Crippen LogP contribution in [-0.4, -0.2) is 0 Å². The zero-order valence-electron chi connectivity index (χ0n) is 4.88. The van der Waals surface area contributed by atoms with Crippen molar-refractivity contribution in [3.63, 3.8) is 0 Å². The van der Waals surface area contributed by atoms with Crippen LogP contribution in [0.4, 0.5) is 0 Å². The van der Waals surface area contributed by atoms with E-state index in [1.54, 1.807) is 6.08 Å². The van der Waals surface area contributed by atoms with Crippen LogP contribution in [0.1, 0.15) is 12.8 Å². The van der Waals surface area contributed by atoms with Gasteiger partial charge in [-0.15, -0.1) is 0 Å². The molecule has 2 radical (unpaired) electrons. The molecule has 0 bridgehead atoms. The molecule has 0 rings (SSSR count). The van der Waals surface area contributed by atoms with E-state index in [2.05, 4.69) is 0 Å². The van der Waals surface area contributed by atoms with E-state index in [4.69, 9.17) is 13.2 Å². The number of hydrogen-bond donors (Lipinski definition) is 0. The normalized spacial score (nSPS) is 9.50. The highest BCUT2D eigenvalue weighted by Gasteiger charge is 1.69. The van der Waals surface area contributed by atoms with Crippen LogP contribution in [-0.2, 0) is 0 Å². The standard InChI is InChI=1S/C8H10/c1-3-5-7-8-6-4-2/h1-5,7H,6,8H2. The van der Waals surface area contributed by atoms with Crippen molar-refractivity contribution >= 4 is 0 Å². The minimum atomic E-state index is 0.921. The van der Waals surface area contributed by atoms with E-state index in [0.29, 0.717) is 0 Å². The van der Waals surface area contributed by atoms with E-state index >= 15 is 0 Å². The Kier molecular flexibility index (Phi) is 5.61. The van der Waals surface area contributed by atoms with Gasteiger partial charge in [-0.3, -0.25) is 0 Å². The van der Waals surface area contributed by atoms with Crippen LogP contribution in [0.5, 0.6) is 0 Å². The molecule has 0 aliphatic rings. The maximum atomic E-state index is 5.11. The van der Waals surface area contributed by atoms with Gasteiger partial charge in [0.25, 0.3) is 0 Å². The number of unbranched alkanes of at least 4 members (excludes halogenated alkanes) is 1. The van der Waals surface area contributed by atoms with Crippen molar-refractivity contribution < 1.29 is 0 Å².